The smallest absolute Gasteiger partial charge is 0.246 e. The highest BCUT2D eigenvalue weighted by atomic mass is 19.1. The van der Waals surface area contributed by atoms with Crippen molar-refractivity contribution in [2.75, 3.05) is 16.0 Å². The van der Waals surface area contributed by atoms with Gasteiger partial charge >= 0.3 is 0 Å². The maximum Gasteiger partial charge on any atom is 0.246 e. The number of amides is 2. The van der Waals surface area contributed by atoms with E-state index in [1.165, 1.54) is 18.2 Å². The molecule has 2 aromatic rings. The number of benzene rings is 2. The molecule has 25 heavy (non-hydrogen) atoms. The van der Waals surface area contributed by atoms with E-state index in [2.05, 4.69) is 16.0 Å². The van der Waals surface area contributed by atoms with Crippen LogP contribution in [0.15, 0.2) is 48.5 Å². The first-order valence-electron chi connectivity index (χ1n) is 8.26. The van der Waals surface area contributed by atoms with Gasteiger partial charge in [0.15, 0.2) is 0 Å². The second kappa shape index (κ2) is 7.34. The number of nitrogens with one attached hydrogen (secondary N) is 3. The Kier molecular flexibility index (Phi) is 4.97. The zero-order chi connectivity index (χ0) is 17.8. The standard InChI is InChI=1S/C19H20FN3O2/c1-12(18(24)22-14-5-3-2-4-6-14)21-15-9-10-16(20)17(11-15)23-19(25)13-7-8-13/h2-6,9-13,21H,7-8H2,1H3,(H,22,24)(H,23,25). The Morgan fingerprint density at radius 3 is 2.44 bits per heavy atom. The predicted molar refractivity (Wildman–Crippen MR) is 95.9 cm³/mol. The number of hydrogen-bond donors (Lipinski definition) is 3. The molecule has 0 spiro atoms. The number of rotatable bonds is 6. The zero-order valence-corrected chi connectivity index (χ0v) is 13.9. The molecule has 1 aliphatic rings. The Hall–Kier alpha value is -2.89. The average molecular weight is 341 g/mol. The molecule has 2 amide bonds. The van der Waals surface area contributed by atoms with Crippen molar-refractivity contribution in [2.24, 2.45) is 5.92 Å². The number of halogens is 1. The first-order chi connectivity index (χ1) is 12.0. The van der Waals surface area contributed by atoms with Gasteiger partial charge in [0.25, 0.3) is 0 Å². The summed E-state index contributed by atoms with van der Waals surface area (Å²) < 4.78 is 13.9. The number of carbonyl (C=O) groups excluding carboxylic acids is 2. The molecule has 0 saturated heterocycles. The van der Waals surface area contributed by atoms with E-state index < -0.39 is 11.9 Å². The second-order valence-electron chi connectivity index (χ2n) is 6.18. The SMILES string of the molecule is CC(Nc1ccc(F)c(NC(=O)C2CC2)c1)C(=O)Nc1ccccc1. The van der Waals surface area contributed by atoms with Gasteiger partial charge in [0, 0.05) is 17.3 Å². The van der Waals surface area contributed by atoms with Crippen LogP contribution in [0.3, 0.4) is 0 Å². The van der Waals surface area contributed by atoms with Crippen molar-refractivity contribution in [1.29, 1.82) is 0 Å². The highest BCUT2D eigenvalue weighted by molar-refractivity contribution is 5.97. The number of hydrogen-bond acceptors (Lipinski definition) is 3. The lowest BCUT2D eigenvalue weighted by atomic mass is 10.2. The van der Waals surface area contributed by atoms with Crippen LogP contribution in [0.4, 0.5) is 21.5 Å². The Morgan fingerprint density at radius 1 is 1.04 bits per heavy atom. The molecule has 0 radical (unpaired) electrons. The number of para-hydroxylation sites is 1. The van der Waals surface area contributed by atoms with E-state index in [0.29, 0.717) is 11.4 Å². The van der Waals surface area contributed by atoms with Crippen LogP contribution >= 0.6 is 0 Å². The number of anilines is 3. The van der Waals surface area contributed by atoms with Crippen molar-refractivity contribution in [2.45, 2.75) is 25.8 Å². The fraction of sp³-hybridized carbons (Fsp3) is 0.263. The molecule has 3 rings (SSSR count). The first kappa shape index (κ1) is 17.0. The molecule has 2 aromatic carbocycles. The molecule has 0 aliphatic heterocycles. The minimum atomic E-state index is -0.530. The lowest BCUT2D eigenvalue weighted by Crippen LogP contribution is -2.31. The van der Waals surface area contributed by atoms with Crippen LogP contribution in [0, 0.1) is 11.7 Å². The van der Waals surface area contributed by atoms with Crippen molar-refractivity contribution < 1.29 is 14.0 Å². The molecule has 130 valence electrons. The van der Waals surface area contributed by atoms with Crippen LogP contribution < -0.4 is 16.0 Å². The van der Waals surface area contributed by atoms with E-state index in [4.69, 9.17) is 0 Å². The minimum Gasteiger partial charge on any atom is -0.374 e. The monoisotopic (exact) mass is 341 g/mol. The van der Waals surface area contributed by atoms with E-state index >= 15 is 0 Å². The molecule has 0 heterocycles. The van der Waals surface area contributed by atoms with Crippen LogP contribution in [-0.2, 0) is 9.59 Å². The van der Waals surface area contributed by atoms with Gasteiger partial charge in [-0.05, 0) is 50.1 Å². The van der Waals surface area contributed by atoms with Gasteiger partial charge < -0.3 is 16.0 Å². The van der Waals surface area contributed by atoms with Crippen LogP contribution in [-0.4, -0.2) is 17.9 Å². The van der Waals surface area contributed by atoms with E-state index in [1.54, 1.807) is 19.1 Å². The zero-order valence-electron chi connectivity index (χ0n) is 13.9. The summed E-state index contributed by atoms with van der Waals surface area (Å²) in [6.45, 7) is 1.71. The molecule has 1 saturated carbocycles. The molecular weight excluding hydrogens is 321 g/mol. The van der Waals surface area contributed by atoms with Crippen molar-refractivity contribution in [3.8, 4) is 0 Å². The van der Waals surface area contributed by atoms with Gasteiger partial charge in [-0.25, -0.2) is 4.39 Å². The molecule has 0 aromatic heterocycles. The minimum absolute atomic E-state index is 0.00779. The molecule has 1 fully saturated rings. The Labute approximate surface area is 145 Å². The average Bonchev–Trinajstić information content (AvgIpc) is 3.44. The van der Waals surface area contributed by atoms with Crippen LogP contribution in [0.25, 0.3) is 0 Å². The maximum absolute atomic E-state index is 13.9. The summed E-state index contributed by atoms with van der Waals surface area (Å²) in [5.41, 5.74) is 1.39. The van der Waals surface area contributed by atoms with Crippen molar-refractivity contribution in [3.05, 3.63) is 54.3 Å². The van der Waals surface area contributed by atoms with Crippen LogP contribution in [0.2, 0.25) is 0 Å². The third-order valence-corrected chi connectivity index (χ3v) is 3.99. The summed E-state index contributed by atoms with van der Waals surface area (Å²) in [7, 11) is 0. The summed E-state index contributed by atoms with van der Waals surface area (Å²) in [5, 5.41) is 8.42. The third kappa shape index (κ3) is 4.56. The summed E-state index contributed by atoms with van der Waals surface area (Å²) in [6, 6.07) is 12.9. The van der Waals surface area contributed by atoms with Gasteiger partial charge in [-0.15, -0.1) is 0 Å². The van der Waals surface area contributed by atoms with Crippen molar-refractivity contribution in [1.82, 2.24) is 0 Å². The molecule has 6 heteroatoms. The van der Waals surface area contributed by atoms with Gasteiger partial charge in [0.2, 0.25) is 11.8 Å². The molecule has 1 unspecified atom stereocenters. The molecule has 0 bridgehead atoms. The van der Waals surface area contributed by atoms with Crippen molar-refractivity contribution in [3.63, 3.8) is 0 Å². The lowest BCUT2D eigenvalue weighted by molar-refractivity contribution is -0.117. The van der Waals surface area contributed by atoms with Gasteiger partial charge in [0.05, 0.1) is 5.69 Å². The van der Waals surface area contributed by atoms with E-state index in [9.17, 15) is 14.0 Å². The molecular formula is C19H20FN3O2. The highest BCUT2D eigenvalue weighted by Crippen LogP contribution is 2.31. The Morgan fingerprint density at radius 2 is 1.76 bits per heavy atom. The largest absolute Gasteiger partial charge is 0.374 e. The summed E-state index contributed by atoms with van der Waals surface area (Å²) in [5.74, 6) is -0.877. The fourth-order valence-electron chi connectivity index (χ4n) is 2.38. The topological polar surface area (TPSA) is 70.2 Å². The summed E-state index contributed by atoms with van der Waals surface area (Å²) in [6.07, 6.45) is 1.70. The summed E-state index contributed by atoms with van der Waals surface area (Å²) >= 11 is 0. The normalized spacial score (nSPS) is 14.5. The van der Waals surface area contributed by atoms with Crippen LogP contribution in [0.1, 0.15) is 19.8 Å². The predicted octanol–water partition coefficient (Wildman–Crippen LogP) is 3.61. The fourth-order valence-corrected chi connectivity index (χ4v) is 2.38. The van der Waals surface area contributed by atoms with Crippen molar-refractivity contribution >= 4 is 28.9 Å². The summed E-state index contributed by atoms with van der Waals surface area (Å²) in [4.78, 5) is 24.0. The Bertz CT molecular complexity index is 775. The lowest BCUT2D eigenvalue weighted by Gasteiger charge is -2.16. The van der Waals surface area contributed by atoms with Gasteiger partial charge in [-0.1, -0.05) is 18.2 Å². The quantitative estimate of drug-likeness (QED) is 0.752. The molecule has 1 atom stereocenters. The Balaban J connectivity index is 1.63. The molecule has 3 N–H and O–H groups in total. The third-order valence-electron chi connectivity index (χ3n) is 3.99. The van der Waals surface area contributed by atoms with Gasteiger partial charge in [-0.2, -0.15) is 0 Å². The second-order valence-corrected chi connectivity index (χ2v) is 6.18. The van der Waals surface area contributed by atoms with Gasteiger partial charge in [0.1, 0.15) is 11.9 Å². The first-order valence-corrected chi connectivity index (χ1v) is 8.26. The highest BCUT2D eigenvalue weighted by Gasteiger charge is 2.30. The molecule has 1 aliphatic carbocycles. The van der Waals surface area contributed by atoms with E-state index in [1.807, 2.05) is 18.2 Å². The van der Waals surface area contributed by atoms with Gasteiger partial charge in [-0.3, -0.25) is 9.59 Å². The molecule has 5 nitrogen and oxygen atoms in total. The maximum atomic E-state index is 13.9. The van der Waals surface area contributed by atoms with E-state index in [0.717, 1.165) is 12.8 Å². The van der Waals surface area contributed by atoms with E-state index in [-0.39, 0.29) is 23.4 Å². The van der Waals surface area contributed by atoms with Crippen LogP contribution in [0.5, 0.6) is 0 Å². The number of carbonyl (C=O) groups is 2.